The van der Waals surface area contributed by atoms with E-state index in [0.717, 1.165) is 35.4 Å². The van der Waals surface area contributed by atoms with Crippen molar-refractivity contribution in [3.63, 3.8) is 0 Å². The minimum Gasteiger partial charge on any atom is -0.481 e. The number of hydrogen-bond acceptors (Lipinski definition) is 5. The topological polar surface area (TPSA) is 66.3 Å². The predicted molar refractivity (Wildman–Crippen MR) is 84.0 cm³/mol. The summed E-state index contributed by atoms with van der Waals surface area (Å²) in [6.07, 6.45) is 3.85. The number of carbonyl (C=O) groups is 1. The van der Waals surface area contributed by atoms with E-state index in [1.54, 1.807) is 17.7 Å². The number of rotatable bonds is 3. The Balaban J connectivity index is 2.00. The summed E-state index contributed by atoms with van der Waals surface area (Å²) in [6, 6.07) is 2.10. The van der Waals surface area contributed by atoms with Gasteiger partial charge in [-0.15, -0.1) is 11.3 Å². The number of aromatic nitrogens is 2. The maximum Gasteiger partial charge on any atom is 0.311 e. The third-order valence-electron chi connectivity index (χ3n) is 4.44. The molecule has 6 heteroatoms. The molecular formula is C15H19N3O2S. The second-order valence-electron chi connectivity index (χ2n) is 5.74. The Morgan fingerprint density at radius 3 is 3.05 bits per heavy atom. The molecule has 1 aliphatic rings. The van der Waals surface area contributed by atoms with E-state index in [2.05, 4.69) is 27.9 Å². The minimum absolute atomic E-state index is 0.528. The van der Waals surface area contributed by atoms with Gasteiger partial charge in [-0.1, -0.05) is 6.92 Å². The van der Waals surface area contributed by atoms with Crippen LogP contribution in [-0.2, 0) is 4.79 Å². The lowest BCUT2D eigenvalue weighted by Gasteiger charge is -2.40. The van der Waals surface area contributed by atoms with Crippen molar-refractivity contribution in [3.05, 3.63) is 17.3 Å². The summed E-state index contributed by atoms with van der Waals surface area (Å²) in [5.41, 5.74) is -0.652. The number of hydrogen-bond donors (Lipinski definition) is 1. The van der Waals surface area contributed by atoms with Crippen LogP contribution in [0.2, 0.25) is 0 Å². The third kappa shape index (κ3) is 2.37. The minimum atomic E-state index is -0.693. The quantitative estimate of drug-likeness (QED) is 0.944. The fourth-order valence-corrected chi connectivity index (χ4v) is 3.98. The van der Waals surface area contributed by atoms with Gasteiger partial charge >= 0.3 is 5.97 Å². The first-order valence-electron chi connectivity index (χ1n) is 7.25. The smallest absolute Gasteiger partial charge is 0.311 e. The average Bonchev–Trinajstić information content (AvgIpc) is 2.87. The summed E-state index contributed by atoms with van der Waals surface area (Å²) in [6.45, 7) is 5.40. The molecule has 2 aromatic heterocycles. The zero-order valence-corrected chi connectivity index (χ0v) is 13.1. The number of aryl methyl sites for hydroxylation is 1. The first-order valence-corrected chi connectivity index (χ1v) is 8.07. The molecule has 112 valence electrons. The number of carboxylic acids is 1. The summed E-state index contributed by atoms with van der Waals surface area (Å²) >= 11 is 1.65. The van der Waals surface area contributed by atoms with E-state index >= 15 is 0 Å². The molecule has 1 fully saturated rings. The molecule has 2 aromatic rings. The molecule has 1 unspecified atom stereocenters. The summed E-state index contributed by atoms with van der Waals surface area (Å²) < 4.78 is 0. The summed E-state index contributed by atoms with van der Waals surface area (Å²) in [7, 11) is 0. The second-order valence-corrected chi connectivity index (χ2v) is 6.97. The first kappa shape index (κ1) is 14.3. The molecule has 0 amide bonds. The molecule has 1 N–H and O–H groups in total. The van der Waals surface area contributed by atoms with Gasteiger partial charge in [0.25, 0.3) is 0 Å². The van der Waals surface area contributed by atoms with E-state index in [0.29, 0.717) is 13.0 Å². The average molecular weight is 305 g/mol. The van der Waals surface area contributed by atoms with Crippen LogP contribution in [0, 0.1) is 12.3 Å². The lowest BCUT2D eigenvalue weighted by atomic mass is 9.77. The molecule has 0 aliphatic carbocycles. The van der Waals surface area contributed by atoms with Crippen molar-refractivity contribution < 1.29 is 9.90 Å². The normalized spacial score (nSPS) is 22.7. The number of anilines is 1. The number of piperidine rings is 1. The number of thiophene rings is 1. The Kier molecular flexibility index (Phi) is 3.57. The Hall–Kier alpha value is -1.69. The SMILES string of the molecule is CCC1(C(=O)O)CCCN(c2ncnc3sc(C)cc23)C1. The van der Waals surface area contributed by atoms with Crippen molar-refractivity contribution in [2.45, 2.75) is 33.1 Å². The fraction of sp³-hybridized carbons (Fsp3) is 0.533. The van der Waals surface area contributed by atoms with Gasteiger partial charge in [0.2, 0.25) is 0 Å². The maximum atomic E-state index is 11.7. The molecule has 0 radical (unpaired) electrons. The molecule has 1 aliphatic heterocycles. The van der Waals surface area contributed by atoms with Crippen molar-refractivity contribution >= 4 is 33.3 Å². The number of carboxylic acid groups (broad SMARTS) is 1. The van der Waals surface area contributed by atoms with Crippen molar-refractivity contribution in [2.24, 2.45) is 5.41 Å². The van der Waals surface area contributed by atoms with Gasteiger partial charge in [-0.3, -0.25) is 4.79 Å². The molecule has 0 aromatic carbocycles. The lowest BCUT2D eigenvalue weighted by molar-refractivity contribution is -0.149. The van der Waals surface area contributed by atoms with Crippen LogP contribution in [0.25, 0.3) is 10.2 Å². The zero-order chi connectivity index (χ0) is 15.0. The van der Waals surface area contributed by atoms with Crippen LogP contribution in [0.1, 0.15) is 31.1 Å². The molecule has 3 rings (SSSR count). The molecule has 1 saturated heterocycles. The van der Waals surface area contributed by atoms with E-state index in [1.165, 1.54) is 4.88 Å². The maximum absolute atomic E-state index is 11.7. The van der Waals surface area contributed by atoms with Crippen molar-refractivity contribution in [2.75, 3.05) is 18.0 Å². The van der Waals surface area contributed by atoms with Crippen LogP contribution in [0.4, 0.5) is 5.82 Å². The summed E-state index contributed by atoms with van der Waals surface area (Å²) in [5, 5.41) is 10.7. The Morgan fingerprint density at radius 2 is 2.33 bits per heavy atom. The van der Waals surface area contributed by atoms with Gasteiger partial charge in [0.05, 0.1) is 10.8 Å². The Morgan fingerprint density at radius 1 is 1.52 bits per heavy atom. The number of aliphatic carboxylic acids is 1. The molecule has 5 nitrogen and oxygen atoms in total. The molecule has 0 bridgehead atoms. The largest absolute Gasteiger partial charge is 0.481 e. The third-order valence-corrected chi connectivity index (χ3v) is 5.40. The fourth-order valence-electron chi connectivity index (χ4n) is 3.14. The van der Waals surface area contributed by atoms with Gasteiger partial charge in [-0.25, -0.2) is 9.97 Å². The monoisotopic (exact) mass is 305 g/mol. The highest BCUT2D eigenvalue weighted by Gasteiger charge is 2.41. The van der Waals surface area contributed by atoms with Gasteiger partial charge in [-0.05, 0) is 32.3 Å². The van der Waals surface area contributed by atoms with Crippen LogP contribution >= 0.6 is 11.3 Å². The van der Waals surface area contributed by atoms with Crippen molar-refractivity contribution in [1.29, 1.82) is 0 Å². The Labute approximate surface area is 127 Å². The van der Waals surface area contributed by atoms with Gasteiger partial charge in [0.15, 0.2) is 0 Å². The lowest BCUT2D eigenvalue weighted by Crippen LogP contribution is -2.48. The molecule has 1 atom stereocenters. The van der Waals surface area contributed by atoms with Crippen LogP contribution in [0.3, 0.4) is 0 Å². The number of fused-ring (bicyclic) bond motifs is 1. The van der Waals surface area contributed by atoms with Gasteiger partial charge in [0, 0.05) is 18.0 Å². The van der Waals surface area contributed by atoms with Crippen molar-refractivity contribution in [1.82, 2.24) is 9.97 Å². The molecule has 3 heterocycles. The summed E-state index contributed by atoms with van der Waals surface area (Å²) in [5.74, 6) is 0.185. The molecule has 0 spiro atoms. The highest BCUT2D eigenvalue weighted by atomic mass is 32.1. The van der Waals surface area contributed by atoms with E-state index in [1.807, 2.05) is 6.92 Å². The van der Waals surface area contributed by atoms with E-state index in [4.69, 9.17) is 0 Å². The van der Waals surface area contributed by atoms with Gasteiger partial charge in [-0.2, -0.15) is 0 Å². The summed E-state index contributed by atoms with van der Waals surface area (Å²) in [4.78, 5) is 24.7. The van der Waals surface area contributed by atoms with Crippen molar-refractivity contribution in [3.8, 4) is 0 Å². The molecular weight excluding hydrogens is 286 g/mol. The van der Waals surface area contributed by atoms with Crippen LogP contribution in [0.15, 0.2) is 12.4 Å². The van der Waals surface area contributed by atoms with Crippen LogP contribution in [-0.4, -0.2) is 34.1 Å². The highest BCUT2D eigenvalue weighted by molar-refractivity contribution is 7.18. The standard InChI is InChI=1S/C15H19N3O2S/c1-3-15(14(19)20)5-4-6-18(8-15)12-11-7-10(2)21-13(11)17-9-16-12/h7,9H,3-6,8H2,1-2H3,(H,19,20). The Bertz CT molecular complexity index is 685. The predicted octanol–water partition coefficient (Wildman–Crippen LogP) is 3.08. The molecule has 21 heavy (non-hydrogen) atoms. The van der Waals surface area contributed by atoms with Gasteiger partial charge < -0.3 is 10.0 Å². The van der Waals surface area contributed by atoms with E-state index < -0.39 is 11.4 Å². The van der Waals surface area contributed by atoms with E-state index in [9.17, 15) is 9.90 Å². The highest BCUT2D eigenvalue weighted by Crippen LogP contribution is 2.38. The molecule has 0 saturated carbocycles. The van der Waals surface area contributed by atoms with Crippen LogP contribution < -0.4 is 4.90 Å². The number of nitrogens with zero attached hydrogens (tertiary/aromatic N) is 3. The van der Waals surface area contributed by atoms with E-state index in [-0.39, 0.29) is 0 Å². The first-order chi connectivity index (χ1) is 10.1. The van der Waals surface area contributed by atoms with Crippen LogP contribution in [0.5, 0.6) is 0 Å². The zero-order valence-electron chi connectivity index (χ0n) is 12.3. The second kappa shape index (κ2) is 5.26. The van der Waals surface area contributed by atoms with Gasteiger partial charge in [0.1, 0.15) is 17.0 Å².